The average molecular weight is 546 g/mol. The summed E-state index contributed by atoms with van der Waals surface area (Å²) in [7, 11) is 0. The minimum atomic E-state index is -1.58. The summed E-state index contributed by atoms with van der Waals surface area (Å²) in [5.41, 5.74) is 0.973. The summed E-state index contributed by atoms with van der Waals surface area (Å²) in [6, 6.07) is 8.72. The fraction of sp³-hybridized carbons (Fsp3) is 0.419. The summed E-state index contributed by atoms with van der Waals surface area (Å²) in [6.07, 6.45) is 6.97. The Hall–Kier alpha value is -3.82. The van der Waals surface area contributed by atoms with Crippen LogP contribution in [0, 0.1) is 5.92 Å². The van der Waals surface area contributed by atoms with Crippen LogP contribution in [-0.4, -0.2) is 63.2 Å². The summed E-state index contributed by atoms with van der Waals surface area (Å²) < 4.78 is 0. The van der Waals surface area contributed by atoms with Crippen LogP contribution in [0.5, 0.6) is 0 Å². The molecule has 0 aromatic heterocycles. The molecule has 9 heteroatoms. The molecule has 2 aliphatic carbocycles. The largest absolute Gasteiger partial charge is 0.480 e. The number of aliphatic carboxylic acids is 1. The number of carbonyl (C=O) groups excluding carboxylic acids is 3. The van der Waals surface area contributed by atoms with Gasteiger partial charge in [-0.3, -0.25) is 29.4 Å². The molecule has 5 rings (SSSR count). The maximum absolute atomic E-state index is 13.4. The number of amides is 3. The van der Waals surface area contributed by atoms with Gasteiger partial charge in [-0.2, -0.15) is 0 Å². The molecule has 0 bridgehead atoms. The van der Waals surface area contributed by atoms with Crippen LogP contribution < -0.4 is 10.6 Å². The molecule has 4 N–H and O–H groups in total. The molecule has 1 heterocycles. The van der Waals surface area contributed by atoms with E-state index in [9.17, 15) is 29.4 Å². The first-order valence-electron chi connectivity index (χ1n) is 13.9. The molecule has 3 aliphatic rings. The van der Waals surface area contributed by atoms with E-state index in [-0.39, 0.29) is 18.9 Å². The zero-order chi connectivity index (χ0) is 28.6. The highest BCUT2D eigenvalue weighted by molar-refractivity contribution is 6.23. The van der Waals surface area contributed by atoms with Gasteiger partial charge in [0.2, 0.25) is 5.91 Å². The Morgan fingerprint density at radius 3 is 2.27 bits per heavy atom. The Labute approximate surface area is 232 Å². The van der Waals surface area contributed by atoms with Crippen molar-refractivity contribution in [3.8, 4) is 0 Å². The molecule has 3 amide bonds. The molecule has 3 atom stereocenters. The highest BCUT2D eigenvalue weighted by atomic mass is 16.4. The van der Waals surface area contributed by atoms with Crippen LogP contribution in [-0.2, 0) is 9.59 Å². The number of benzene rings is 2. The third kappa shape index (κ3) is 5.31. The first-order valence-corrected chi connectivity index (χ1v) is 13.9. The first kappa shape index (κ1) is 27.7. The Morgan fingerprint density at radius 1 is 1.02 bits per heavy atom. The highest BCUT2D eigenvalue weighted by Crippen LogP contribution is 2.38. The molecular weight excluding hydrogens is 510 g/mol. The van der Waals surface area contributed by atoms with E-state index in [1.54, 1.807) is 18.2 Å². The minimum Gasteiger partial charge on any atom is -0.480 e. The van der Waals surface area contributed by atoms with Crippen LogP contribution in [0.4, 0.5) is 0 Å². The highest BCUT2D eigenvalue weighted by Gasteiger charge is 2.40. The quantitative estimate of drug-likeness (QED) is 0.204. The van der Waals surface area contributed by atoms with Gasteiger partial charge in [-0.05, 0) is 79.0 Å². The lowest BCUT2D eigenvalue weighted by atomic mass is 9.91. The average Bonchev–Trinajstić information content (AvgIpc) is 3.48. The third-order valence-electron chi connectivity index (χ3n) is 8.03. The van der Waals surface area contributed by atoms with Crippen LogP contribution in [0.1, 0.15) is 73.1 Å². The summed E-state index contributed by atoms with van der Waals surface area (Å²) >= 11 is 0. The smallest absolute Gasteiger partial charge is 0.320 e. The van der Waals surface area contributed by atoms with Gasteiger partial charge in [0.15, 0.2) is 5.72 Å². The van der Waals surface area contributed by atoms with Gasteiger partial charge < -0.3 is 15.5 Å². The molecule has 0 saturated carbocycles. The lowest BCUT2D eigenvalue weighted by molar-refractivity contribution is -0.140. The molecule has 0 fully saturated rings. The van der Waals surface area contributed by atoms with E-state index in [2.05, 4.69) is 10.6 Å². The van der Waals surface area contributed by atoms with E-state index in [0.29, 0.717) is 24.0 Å². The molecule has 9 nitrogen and oxygen atoms in total. The molecule has 2 aromatic rings. The lowest BCUT2D eigenvalue weighted by Crippen LogP contribution is -2.58. The van der Waals surface area contributed by atoms with Crippen molar-refractivity contribution >= 4 is 34.5 Å². The second-order valence-corrected chi connectivity index (χ2v) is 11.3. The van der Waals surface area contributed by atoms with Gasteiger partial charge in [0.25, 0.3) is 11.8 Å². The van der Waals surface area contributed by atoms with Gasteiger partial charge in [-0.25, -0.2) is 0 Å². The number of aliphatic hydroxyl groups is 1. The second kappa shape index (κ2) is 11.0. The predicted octanol–water partition coefficient (Wildman–Crippen LogP) is 3.53. The monoisotopic (exact) mass is 545 g/mol. The van der Waals surface area contributed by atoms with E-state index in [1.807, 2.05) is 44.2 Å². The SMILES string of the molecule is CC(C)C[C@H](NC(CCN1C(=O)c2cc3ccccc3cc2C1=O)C(=O)O)C(=O)N[C@@]1(O)C=CCC2=C1CCC2. The first-order chi connectivity index (χ1) is 19.1. The van der Waals surface area contributed by atoms with Crippen molar-refractivity contribution in [3.63, 3.8) is 0 Å². The number of nitrogens with one attached hydrogen (secondary N) is 2. The van der Waals surface area contributed by atoms with Crippen LogP contribution in [0.25, 0.3) is 10.8 Å². The molecule has 0 spiro atoms. The Morgan fingerprint density at radius 2 is 1.68 bits per heavy atom. The number of rotatable bonds is 10. The maximum Gasteiger partial charge on any atom is 0.320 e. The van der Waals surface area contributed by atoms with Crippen LogP contribution in [0.3, 0.4) is 0 Å². The normalized spacial score (nSPS) is 21.6. The fourth-order valence-corrected chi connectivity index (χ4v) is 6.04. The van der Waals surface area contributed by atoms with Crippen molar-refractivity contribution in [2.45, 2.75) is 70.2 Å². The van der Waals surface area contributed by atoms with Crippen LogP contribution in [0.2, 0.25) is 0 Å². The van der Waals surface area contributed by atoms with Gasteiger partial charge in [0.05, 0.1) is 17.2 Å². The predicted molar refractivity (Wildman–Crippen MR) is 149 cm³/mol. The van der Waals surface area contributed by atoms with Crippen molar-refractivity contribution in [1.82, 2.24) is 15.5 Å². The van der Waals surface area contributed by atoms with E-state index in [0.717, 1.165) is 46.1 Å². The lowest BCUT2D eigenvalue weighted by Gasteiger charge is -2.34. The minimum absolute atomic E-state index is 0.0564. The second-order valence-electron chi connectivity index (χ2n) is 11.3. The number of hydrogen-bond donors (Lipinski definition) is 4. The Kier molecular flexibility index (Phi) is 7.61. The number of nitrogens with zero attached hydrogens (tertiary/aromatic N) is 1. The van der Waals surface area contributed by atoms with Crippen molar-refractivity contribution in [1.29, 1.82) is 0 Å². The van der Waals surface area contributed by atoms with Gasteiger partial charge in [0, 0.05) is 6.54 Å². The molecule has 1 aliphatic heterocycles. The fourth-order valence-electron chi connectivity index (χ4n) is 6.04. The summed E-state index contributed by atoms with van der Waals surface area (Å²) in [4.78, 5) is 52.9. The molecule has 40 heavy (non-hydrogen) atoms. The van der Waals surface area contributed by atoms with Gasteiger partial charge in [-0.1, -0.05) is 49.8 Å². The number of carboxylic acid groups (broad SMARTS) is 1. The Bertz CT molecular complexity index is 1390. The molecule has 2 aromatic carbocycles. The molecule has 1 unspecified atom stereocenters. The van der Waals surface area contributed by atoms with Gasteiger partial charge in [0.1, 0.15) is 6.04 Å². The Balaban J connectivity index is 1.29. The topological polar surface area (TPSA) is 136 Å². The van der Waals surface area contributed by atoms with E-state index < -0.39 is 41.5 Å². The number of carboxylic acids is 1. The molecule has 0 saturated heterocycles. The van der Waals surface area contributed by atoms with E-state index in [1.165, 1.54) is 0 Å². The number of allylic oxidation sites excluding steroid dienone is 2. The van der Waals surface area contributed by atoms with Crippen molar-refractivity contribution in [2.24, 2.45) is 5.92 Å². The molecule has 210 valence electrons. The standard InChI is InChI=1S/C31H35N3O6/c1-18(2)15-26(27(35)33-31(40)13-6-10-19-9-5-11-24(19)31)32-25(30(38)39)12-14-34-28(36)22-16-20-7-3-4-8-21(20)17-23(22)29(34)37/h3-4,6-8,13,16-18,25-26,32,40H,5,9-12,14-15H2,1-2H3,(H,33,35)(H,38,39)/t25?,26-,31+/m0/s1. The number of carbonyl (C=O) groups is 4. The number of imide groups is 1. The number of hydrogen-bond acceptors (Lipinski definition) is 6. The third-order valence-corrected chi connectivity index (χ3v) is 8.03. The molecule has 0 radical (unpaired) electrons. The number of fused-ring (bicyclic) bond motifs is 2. The molecular formula is C31H35N3O6. The van der Waals surface area contributed by atoms with Crippen LogP contribution >= 0.6 is 0 Å². The van der Waals surface area contributed by atoms with Crippen LogP contribution in [0.15, 0.2) is 59.7 Å². The zero-order valence-electron chi connectivity index (χ0n) is 22.8. The maximum atomic E-state index is 13.4. The van der Waals surface area contributed by atoms with E-state index >= 15 is 0 Å². The summed E-state index contributed by atoms with van der Waals surface area (Å²) in [5, 5.41) is 28.7. The zero-order valence-corrected chi connectivity index (χ0v) is 22.8. The van der Waals surface area contributed by atoms with Gasteiger partial charge in [-0.15, -0.1) is 0 Å². The summed E-state index contributed by atoms with van der Waals surface area (Å²) in [6.45, 7) is 3.73. The van der Waals surface area contributed by atoms with Crippen molar-refractivity contribution < 1.29 is 29.4 Å². The summed E-state index contributed by atoms with van der Waals surface area (Å²) in [5.74, 6) is -2.56. The van der Waals surface area contributed by atoms with Crippen molar-refractivity contribution in [3.05, 3.63) is 70.8 Å². The van der Waals surface area contributed by atoms with E-state index in [4.69, 9.17) is 0 Å². The van der Waals surface area contributed by atoms with Gasteiger partial charge >= 0.3 is 5.97 Å². The van der Waals surface area contributed by atoms with Crippen molar-refractivity contribution in [2.75, 3.05) is 6.54 Å².